The standard InChI is InChI=1S/C20H30ClFN2O2/c1-19(2,3)7-10-24-11-8-20(22,9-12-24)14-23-18(25)15-5-6-17(26-4)16(21)13-15/h5-6,13H,7-12,14H2,1-4H3,(H,23,25). The van der Waals surface area contributed by atoms with E-state index >= 15 is 4.39 Å². The van der Waals surface area contributed by atoms with Crippen LogP contribution < -0.4 is 10.1 Å². The molecule has 4 nitrogen and oxygen atoms in total. The molecule has 0 unspecified atom stereocenters. The molecule has 1 heterocycles. The molecule has 1 aromatic rings. The molecule has 1 N–H and O–H groups in total. The number of amides is 1. The zero-order valence-electron chi connectivity index (χ0n) is 16.2. The molecular formula is C20H30ClFN2O2. The molecule has 0 radical (unpaired) electrons. The number of nitrogens with one attached hydrogen (secondary N) is 1. The fourth-order valence-electron chi connectivity index (χ4n) is 3.00. The molecule has 0 atom stereocenters. The maximum atomic E-state index is 15.0. The van der Waals surface area contributed by atoms with Crippen molar-refractivity contribution in [3.63, 3.8) is 0 Å². The molecule has 2 rings (SSSR count). The summed E-state index contributed by atoms with van der Waals surface area (Å²) in [7, 11) is 1.52. The Labute approximate surface area is 161 Å². The van der Waals surface area contributed by atoms with E-state index in [2.05, 4.69) is 31.0 Å². The van der Waals surface area contributed by atoms with E-state index in [0.717, 1.165) is 26.1 Å². The number of carbonyl (C=O) groups is 1. The molecule has 0 bridgehead atoms. The molecule has 0 aromatic heterocycles. The number of hydrogen-bond acceptors (Lipinski definition) is 3. The first kappa shape index (κ1) is 21.0. The third-order valence-corrected chi connectivity index (χ3v) is 5.21. The molecule has 0 spiro atoms. The molecule has 26 heavy (non-hydrogen) atoms. The number of likely N-dealkylation sites (tertiary alicyclic amines) is 1. The van der Waals surface area contributed by atoms with E-state index in [1.807, 2.05) is 0 Å². The molecule has 1 saturated heterocycles. The van der Waals surface area contributed by atoms with Gasteiger partial charge in [0.1, 0.15) is 11.4 Å². The van der Waals surface area contributed by atoms with Gasteiger partial charge in [0.05, 0.1) is 18.7 Å². The number of benzene rings is 1. The van der Waals surface area contributed by atoms with E-state index < -0.39 is 5.67 Å². The van der Waals surface area contributed by atoms with Crippen molar-refractivity contribution in [1.29, 1.82) is 0 Å². The maximum absolute atomic E-state index is 15.0. The summed E-state index contributed by atoms with van der Waals surface area (Å²) in [6.45, 7) is 9.15. The Morgan fingerprint density at radius 3 is 2.54 bits per heavy atom. The average molecular weight is 385 g/mol. The number of methoxy groups -OCH3 is 1. The number of piperidine rings is 1. The third-order valence-electron chi connectivity index (χ3n) is 4.91. The summed E-state index contributed by atoms with van der Waals surface area (Å²) in [5.41, 5.74) is -0.649. The lowest BCUT2D eigenvalue weighted by Gasteiger charge is -2.37. The SMILES string of the molecule is COc1ccc(C(=O)NCC2(F)CCN(CCC(C)(C)C)CC2)cc1Cl. The Kier molecular flexibility index (Phi) is 6.92. The van der Waals surface area contributed by atoms with Crippen LogP contribution in [0.3, 0.4) is 0 Å². The molecule has 1 aliphatic rings. The average Bonchev–Trinajstić information content (AvgIpc) is 2.58. The van der Waals surface area contributed by atoms with Crippen molar-refractivity contribution >= 4 is 17.5 Å². The van der Waals surface area contributed by atoms with Gasteiger partial charge in [-0.1, -0.05) is 32.4 Å². The Hall–Kier alpha value is -1.33. The first-order valence-electron chi connectivity index (χ1n) is 9.15. The van der Waals surface area contributed by atoms with Gasteiger partial charge >= 0.3 is 0 Å². The summed E-state index contributed by atoms with van der Waals surface area (Å²) in [6.07, 6.45) is 1.99. The molecule has 1 aliphatic heterocycles. The number of alkyl halides is 1. The van der Waals surface area contributed by atoms with Gasteiger partial charge in [0.2, 0.25) is 0 Å². The Balaban J connectivity index is 1.82. The number of carbonyl (C=O) groups excluding carboxylic acids is 1. The molecule has 1 fully saturated rings. The second-order valence-electron chi connectivity index (χ2n) is 8.34. The summed E-state index contributed by atoms with van der Waals surface area (Å²) >= 11 is 6.04. The van der Waals surface area contributed by atoms with Crippen LogP contribution in [0, 0.1) is 5.41 Å². The molecule has 0 aliphatic carbocycles. The number of ether oxygens (including phenoxy) is 1. The Morgan fingerprint density at radius 1 is 1.35 bits per heavy atom. The molecular weight excluding hydrogens is 355 g/mol. The smallest absolute Gasteiger partial charge is 0.251 e. The zero-order chi connectivity index (χ0) is 19.4. The quantitative estimate of drug-likeness (QED) is 0.794. The van der Waals surface area contributed by atoms with Crippen molar-refractivity contribution in [1.82, 2.24) is 10.2 Å². The third kappa shape index (κ3) is 6.13. The predicted molar refractivity (Wildman–Crippen MR) is 104 cm³/mol. The van der Waals surface area contributed by atoms with Crippen LogP contribution in [0.15, 0.2) is 18.2 Å². The van der Waals surface area contributed by atoms with Crippen molar-refractivity contribution in [2.75, 3.05) is 33.3 Å². The number of rotatable bonds is 6. The second-order valence-corrected chi connectivity index (χ2v) is 8.74. The van der Waals surface area contributed by atoms with Gasteiger partial charge in [0.15, 0.2) is 0 Å². The van der Waals surface area contributed by atoms with Crippen molar-refractivity contribution < 1.29 is 13.9 Å². The minimum atomic E-state index is -1.34. The van der Waals surface area contributed by atoms with Crippen LogP contribution in [0.1, 0.15) is 50.4 Å². The van der Waals surface area contributed by atoms with E-state index in [1.54, 1.807) is 12.1 Å². The van der Waals surface area contributed by atoms with Gasteiger partial charge in [-0.05, 0) is 49.4 Å². The minimum absolute atomic E-state index is 0.0303. The predicted octanol–water partition coefficient (Wildman–Crippen LogP) is 4.32. The summed E-state index contributed by atoms with van der Waals surface area (Å²) in [5.74, 6) is 0.189. The van der Waals surface area contributed by atoms with Crippen molar-refractivity contribution in [2.24, 2.45) is 5.41 Å². The summed E-state index contributed by atoms with van der Waals surface area (Å²) in [6, 6.07) is 4.80. The van der Waals surface area contributed by atoms with Gasteiger partial charge in [0, 0.05) is 18.7 Å². The highest BCUT2D eigenvalue weighted by molar-refractivity contribution is 6.32. The highest BCUT2D eigenvalue weighted by atomic mass is 35.5. The largest absolute Gasteiger partial charge is 0.495 e. The highest BCUT2D eigenvalue weighted by Gasteiger charge is 2.35. The van der Waals surface area contributed by atoms with E-state index in [-0.39, 0.29) is 17.9 Å². The Morgan fingerprint density at radius 2 is 2.00 bits per heavy atom. The fourth-order valence-corrected chi connectivity index (χ4v) is 3.25. The van der Waals surface area contributed by atoms with Gasteiger partial charge in [-0.2, -0.15) is 0 Å². The first-order chi connectivity index (χ1) is 12.1. The fraction of sp³-hybridized carbons (Fsp3) is 0.650. The van der Waals surface area contributed by atoms with Crippen LogP contribution in [0.25, 0.3) is 0 Å². The van der Waals surface area contributed by atoms with Crippen molar-refractivity contribution in [3.05, 3.63) is 28.8 Å². The highest BCUT2D eigenvalue weighted by Crippen LogP contribution is 2.28. The second kappa shape index (κ2) is 8.57. The van der Waals surface area contributed by atoms with Crippen LogP contribution in [-0.2, 0) is 0 Å². The summed E-state index contributed by atoms with van der Waals surface area (Å²) in [5, 5.41) is 3.08. The van der Waals surface area contributed by atoms with Crippen LogP contribution in [0.4, 0.5) is 4.39 Å². The van der Waals surface area contributed by atoms with Crippen LogP contribution in [-0.4, -0.2) is 49.8 Å². The maximum Gasteiger partial charge on any atom is 0.251 e. The molecule has 1 amide bonds. The minimum Gasteiger partial charge on any atom is -0.495 e. The lowest BCUT2D eigenvalue weighted by atomic mass is 9.90. The van der Waals surface area contributed by atoms with Crippen molar-refractivity contribution in [2.45, 2.75) is 45.7 Å². The first-order valence-corrected chi connectivity index (χ1v) is 9.53. The molecule has 146 valence electrons. The monoisotopic (exact) mass is 384 g/mol. The van der Waals surface area contributed by atoms with Crippen LogP contribution in [0.5, 0.6) is 5.75 Å². The van der Waals surface area contributed by atoms with E-state index in [1.165, 1.54) is 13.2 Å². The van der Waals surface area contributed by atoms with Gasteiger partial charge in [-0.3, -0.25) is 4.79 Å². The van der Waals surface area contributed by atoms with Gasteiger partial charge in [-0.25, -0.2) is 4.39 Å². The molecule has 0 saturated carbocycles. The van der Waals surface area contributed by atoms with E-state index in [9.17, 15) is 4.79 Å². The van der Waals surface area contributed by atoms with E-state index in [0.29, 0.717) is 29.2 Å². The lowest BCUT2D eigenvalue weighted by Crippen LogP contribution is -2.48. The van der Waals surface area contributed by atoms with E-state index in [4.69, 9.17) is 16.3 Å². The number of nitrogens with zero attached hydrogens (tertiary/aromatic N) is 1. The molecule has 6 heteroatoms. The number of halogens is 2. The van der Waals surface area contributed by atoms with Gasteiger partial charge in [-0.15, -0.1) is 0 Å². The number of hydrogen-bond donors (Lipinski definition) is 1. The van der Waals surface area contributed by atoms with Crippen LogP contribution >= 0.6 is 11.6 Å². The summed E-state index contributed by atoms with van der Waals surface area (Å²) in [4.78, 5) is 14.6. The Bertz CT molecular complexity index is 623. The summed E-state index contributed by atoms with van der Waals surface area (Å²) < 4.78 is 20.1. The normalized spacial score (nSPS) is 17.8. The molecule has 1 aromatic carbocycles. The zero-order valence-corrected chi connectivity index (χ0v) is 17.0. The topological polar surface area (TPSA) is 41.6 Å². The van der Waals surface area contributed by atoms with Crippen LogP contribution in [0.2, 0.25) is 5.02 Å². The van der Waals surface area contributed by atoms with Gasteiger partial charge in [0.25, 0.3) is 5.91 Å². The van der Waals surface area contributed by atoms with Gasteiger partial charge < -0.3 is 15.0 Å². The lowest BCUT2D eigenvalue weighted by molar-refractivity contribution is 0.0508. The van der Waals surface area contributed by atoms with Crippen molar-refractivity contribution in [3.8, 4) is 5.75 Å².